The van der Waals surface area contributed by atoms with E-state index in [4.69, 9.17) is 11.6 Å². The first kappa shape index (κ1) is 19.2. The molecule has 5 nitrogen and oxygen atoms in total. The molecule has 2 fully saturated rings. The molecule has 2 amide bonds. The lowest BCUT2D eigenvalue weighted by atomic mass is 9.89. The number of rotatable bonds is 5. The smallest absolute Gasteiger partial charge is 0.228 e. The lowest BCUT2D eigenvalue weighted by Gasteiger charge is -2.35. The van der Waals surface area contributed by atoms with Gasteiger partial charge in [0.1, 0.15) is 0 Å². The lowest BCUT2D eigenvalue weighted by Crippen LogP contribution is -2.43. The Balaban J connectivity index is 1.70. The number of carbonyl (C=O) groups is 2. The molecule has 2 aliphatic heterocycles. The maximum atomic E-state index is 13.2. The zero-order valence-electron chi connectivity index (χ0n) is 15.6. The maximum absolute atomic E-state index is 13.2. The number of amides is 2. The van der Waals surface area contributed by atoms with Gasteiger partial charge in [-0.15, -0.1) is 0 Å². The molecular formula is C20H28ClN3O2. The minimum Gasteiger partial charge on any atom is -0.342 e. The Kier molecular flexibility index (Phi) is 6.20. The number of benzene rings is 1. The molecule has 6 heteroatoms. The van der Waals surface area contributed by atoms with Gasteiger partial charge in [0, 0.05) is 31.6 Å². The van der Waals surface area contributed by atoms with E-state index in [9.17, 15) is 9.59 Å². The van der Waals surface area contributed by atoms with Gasteiger partial charge in [-0.05, 0) is 56.5 Å². The van der Waals surface area contributed by atoms with Gasteiger partial charge in [-0.2, -0.15) is 0 Å². The van der Waals surface area contributed by atoms with Crippen molar-refractivity contribution in [2.24, 2.45) is 11.8 Å². The molecule has 26 heavy (non-hydrogen) atoms. The minimum absolute atomic E-state index is 0.0252. The highest BCUT2D eigenvalue weighted by atomic mass is 35.5. The Morgan fingerprint density at radius 2 is 2.04 bits per heavy atom. The van der Waals surface area contributed by atoms with E-state index in [0.29, 0.717) is 10.9 Å². The van der Waals surface area contributed by atoms with Crippen molar-refractivity contribution in [2.75, 3.05) is 33.7 Å². The SMILES string of the molecule is CNCCC1CCN(C(=O)C2CC(=O)N(C)C2c2cccc(Cl)c2)CC1. The number of hydrogen-bond donors (Lipinski definition) is 1. The molecular weight excluding hydrogens is 350 g/mol. The van der Waals surface area contributed by atoms with E-state index in [1.165, 1.54) is 0 Å². The van der Waals surface area contributed by atoms with Crippen LogP contribution in [0.3, 0.4) is 0 Å². The van der Waals surface area contributed by atoms with Gasteiger partial charge in [0.15, 0.2) is 0 Å². The van der Waals surface area contributed by atoms with Crippen LogP contribution in [-0.2, 0) is 9.59 Å². The Morgan fingerprint density at radius 1 is 1.31 bits per heavy atom. The highest BCUT2D eigenvalue weighted by molar-refractivity contribution is 6.30. The summed E-state index contributed by atoms with van der Waals surface area (Å²) in [6.45, 7) is 2.62. The van der Waals surface area contributed by atoms with Crippen molar-refractivity contribution >= 4 is 23.4 Å². The molecule has 2 aliphatic rings. The third-order valence-electron chi connectivity index (χ3n) is 5.82. The van der Waals surface area contributed by atoms with Gasteiger partial charge >= 0.3 is 0 Å². The Morgan fingerprint density at radius 3 is 2.69 bits per heavy atom. The van der Waals surface area contributed by atoms with Crippen molar-refractivity contribution in [3.8, 4) is 0 Å². The van der Waals surface area contributed by atoms with Gasteiger partial charge in [-0.1, -0.05) is 23.7 Å². The molecule has 0 radical (unpaired) electrons. The number of carbonyl (C=O) groups excluding carboxylic acids is 2. The zero-order chi connectivity index (χ0) is 18.7. The van der Waals surface area contributed by atoms with E-state index in [1.54, 1.807) is 11.9 Å². The monoisotopic (exact) mass is 377 g/mol. The van der Waals surface area contributed by atoms with Crippen molar-refractivity contribution in [3.63, 3.8) is 0 Å². The molecule has 0 spiro atoms. The van der Waals surface area contributed by atoms with Crippen LogP contribution in [0.2, 0.25) is 5.02 Å². The van der Waals surface area contributed by atoms with Gasteiger partial charge in [0.2, 0.25) is 11.8 Å². The van der Waals surface area contributed by atoms with Crippen molar-refractivity contribution in [1.82, 2.24) is 15.1 Å². The molecule has 142 valence electrons. The van der Waals surface area contributed by atoms with Crippen molar-refractivity contribution in [1.29, 1.82) is 0 Å². The van der Waals surface area contributed by atoms with E-state index < -0.39 is 0 Å². The minimum atomic E-state index is -0.320. The second-order valence-electron chi connectivity index (χ2n) is 7.48. The number of halogens is 1. The number of nitrogens with zero attached hydrogens (tertiary/aromatic N) is 2. The molecule has 1 aromatic rings. The van der Waals surface area contributed by atoms with Gasteiger partial charge in [0.25, 0.3) is 0 Å². The third kappa shape index (κ3) is 4.04. The fourth-order valence-electron chi connectivity index (χ4n) is 4.26. The molecule has 1 N–H and O–H groups in total. The van der Waals surface area contributed by atoms with Crippen LogP contribution < -0.4 is 5.32 Å². The summed E-state index contributed by atoms with van der Waals surface area (Å²) >= 11 is 6.14. The Labute approximate surface area is 160 Å². The quantitative estimate of drug-likeness (QED) is 0.858. The molecule has 2 unspecified atom stereocenters. The second kappa shape index (κ2) is 8.40. The number of hydrogen-bond acceptors (Lipinski definition) is 3. The summed E-state index contributed by atoms with van der Waals surface area (Å²) < 4.78 is 0. The van der Waals surface area contributed by atoms with Crippen LogP contribution in [0.1, 0.15) is 37.3 Å². The summed E-state index contributed by atoms with van der Waals surface area (Å²) in [6, 6.07) is 7.29. The standard InChI is InChI=1S/C20H28ClN3O2/c1-22-9-6-14-7-10-24(11-8-14)20(26)17-13-18(25)23(2)19(17)15-4-3-5-16(21)12-15/h3-5,12,14,17,19,22H,6-11,13H2,1-2H3. The van der Waals surface area contributed by atoms with Crippen molar-refractivity contribution < 1.29 is 9.59 Å². The molecule has 0 aliphatic carbocycles. The number of piperidine rings is 1. The summed E-state index contributed by atoms with van der Waals surface area (Å²) in [5.41, 5.74) is 0.938. The predicted molar refractivity (Wildman–Crippen MR) is 103 cm³/mol. The Bertz CT molecular complexity index is 658. The largest absolute Gasteiger partial charge is 0.342 e. The van der Waals surface area contributed by atoms with Crippen LogP contribution >= 0.6 is 11.6 Å². The van der Waals surface area contributed by atoms with Gasteiger partial charge < -0.3 is 15.1 Å². The van der Waals surface area contributed by atoms with Gasteiger partial charge in [0.05, 0.1) is 12.0 Å². The first-order valence-electron chi connectivity index (χ1n) is 9.45. The molecule has 0 saturated carbocycles. The van der Waals surface area contributed by atoms with Crippen LogP contribution in [0.15, 0.2) is 24.3 Å². The molecule has 2 atom stereocenters. The van der Waals surface area contributed by atoms with Crippen molar-refractivity contribution in [2.45, 2.75) is 31.7 Å². The van der Waals surface area contributed by atoms with Crippen LogP contribution in [0.5, 0.6) is 0 Å². The van der Waals surface area contributed by atoms with Crippen LogP contribution in [0.4, 0.5) is 0 Å². The fraction of sp³-hybridized carbons (Fsp3) is 0.600. The summed E-state index contributed by atoms with van der Waals surface area (Å²) in [7, 11) is 3.76. The topological polar surface area (TPSA) is 52.7 Å². The Hall–Kier alpha value is -1.59. The summed E-state index contributed by atoms with van der Waals surface area (Å²) in [5, 5.41) is 3.83. The normalized spacial score (nSPS) is 24.3. The summed E-state index contributed by atoms with van der Waals surface area (Å²) in [6.07, 6.45) is 3.54. The van der Waals surface area contributed by atoms with E-state index in [1.807, 2.05) is 36.2 Å². The fourth-order valence-corrected chi connectivity index (χ4v) is 4.46. The number of nitrogens with one attached hydrogen (secondary N) is 1. The van der Waals surface area contributed by atoms with E-state index in [0.717, 1.165) is 44.5 Å². The molecule has 2 heterocycles. The number of likely N-dealkylation sites (tertiary alicyclic amines) is 2. The molecule has 0 bridgehead atoms. The molecule has 3 rings (SSSR count). The predicted octanol–water partition coefficient (Wildman–Crippen LogP) is 2.71. The first-order chi connectivity index (χ1) is 12.5. The lowest BCUT2D eigenvalue weighted by molar-refractivity contribution is -0.138. The summed E-state index contributed by atoms with van der Waals surface area (Å²) in [5.74, 6) is 0.500. The maximum Gasteiger partial charge on any atom is 0.228 e. The molecule has 1 aromatic carbocycles. The van der Waals surface area contributed by atoms with E-state index in [2.05, 4.69) is 5.32 Å². The zero-order valence-corrected chi connectivity index (χ0v) is 16.3. The van der Waals surface area contributed by atoms with Gasteiger partial charge in [-0.25, -0.2) is 0 Å². The highest BCUT2D eigenvalue weighted by Gasteiger charge is 2.44. The molecule has 0 aromatic heterocycles. The second-order valence-corrected chi connectivity index (χ2v) is 7.91. The van der Waals surface area contributed by atoms with Crippen LogP contribution in [0, 0.1) is 11.8 Å². The van der Waals surface area contributed by atoms with E-state index in [-0.39, 0.29) is 30.2 Å². The van der Waals surface area contributed by atoms with Crippen LogP contribution in [-0.4, -0.2) is 55.3 Å². The third-order valence-corrected chi connectivity index (χ3v) is 6.06. The van der Waals surface area contributed by atoms with E-state index >= 15 is 0 Å². The molecule has 2 saturated heterocycles. The van der Waals surface area contributed by atoms with Crippen LogP contribution in [0.25, 0.3) is 0 Å². The average molecular weight is 378 g/mol. The average Bonchev–Trinajstić information content (AvgIpc) is 2.94. The summed E-state index contributed by atoms with van der Waals surface area (Å²) in [4.78, 5) is 29.2. The first-order valence-corrected chi connectivity index (χ1v) is 9.83. The van der Waals surface area contributed by atoms with Gasteiger partial charge in [-0.3, -0.25) is 9.59 Å². The van der Waals surface area contributed by atoms with Crippen molar-refractivity contribution in [3.05, 3.63) is 34.9 Å². The highest BCUT2D eigenvalue weighted by Crippen LogP contribution is 2.39.